The highest BCUT2D eigenvalue weighted by Gasteiger charge is 2.20. The van der Waals surface area contributed by atoms with Crippen molar-refractivity contribution in [2.75, 3.05) is 6.61 Å². The summed E-state index contributed by atoms with van der Waals surface area (Å²) in [5.41, 5.74) is 3.37. The van der Waals surface area contributed by atoms with Crippen LogP contribution < -0.4 is 14.8 Å². The van der Waals surface area contributed by atoms with Gasteiger partial charge < -0.3 is 19.3 Å². The molecule has 0 radical (unpaired) electrons. The summed E-state index contributed by atoms with van der Waals surface area (Å²) >= 11 is 0. The predicted molar refractivity (Wildman–Crippen MR) is 116 cm³/mol. The highest BCUT2D eigenvalue weighted by Crippen LogP contribution is 2.30. The Morgan fingerprint density at radius 2 is 1.97 bits per heavy atom. The van der Waals surface area contributed by atoms with E-state index in [-0.39, 0.29) is 12.5 Å². The number of ether oxygens (including phenoxy) is 2. The monoisotopic (exact) mass is 421 g/mol. The molecule has 1 atom stereocenters. The van der Waals surface area contributed by atoms with E-state index in [0.717, 1.165) is 36.3 Å². The molecule has 1 amide bonds. The maximum atomic E-state index is 12.5. The Morgan fingerprint density at radius 1 is 1.16 bits per heavy atom. The minimum atomic E-state index is -0.623. The molecule has 0 fully saturated rings. The molecule has 2 aromatic carbocycles. The molecule has 1 aliphatic rings. The number of fused-ring (bicyclic) bond motifs is 1. The summed E-state index contributed by atoms with van der Waals surface area (Å²) in [6.45, 7) is 4.44. The second kappa shape index (κ2) is 9.64. The standard InChI is InChI=1S/C24H27N3O4/c1-3-29-19-13-11-18(12-14-19)23-26-22(31-27-23)15-25-24(28)16(2)30-21-10-6-8-17-7-4-5-9-20(17)21/h6,8,10-14,16H,3-5,7,9,15H2,1-2H3,(H,25,28). The molecule has 1 unspecified atom stereocenters. The molecular weight excluding hydrogens is 394 g/mol. The fraction of sp³-hybridized carbons (Fsp3) is 0.375. The molecule has 162 valence electrons. The highest BCUT2D eigenvalue weighted by molar-refractivity contribution is 5.80. The lowest BCUT2D eigenvalue weighted by Crippen LogP contribution is -2.36. The smallest absolute Gasteiger partial charge is 0.261 e. The molecule has 0 saturated carbocycles. The molecule has 0 bridgehead atoms. The van der Waals surface area contributed by atoms with E-state index >= 15 is 0 Å². The molecule has 1 heterocycles. The lowest BCUT2D eigenvalue weighted by molar-refractivity contribution is -0.127. The summed E-state index contributed by atoms with van der Waals surface area (Å²) in [5.74, 6) is 2.16. The summed E-state index contributed by atoms with van der Waals surface area (Å²) in [4.78, 5) is 16.9. The van der Waals surface area contributed by atoms with Gasteiger partial charge in [0.15, 0.2) is 6.10 Å². The number of carbonyl (C=O) groups excluding carboxylic acids is 1. The molecule has 4 rings (SSSR count). The van der Waals surface area contributed by atoms with Gasteiger partial charge in [0.25, 0.3) is 5.91 Å². The molecule has 0 spiro atoms. The van der Waals surface area contributed by atoms with Crippen molar-refractivity contribution in [3.63, 3.8) is 0 Å². The predicted octanol–water partition coefficient (Wildman–Crippen LogP) is 4.10. The SMILES string of the molecule is CCOc1ccc(-c2noc(CNC(=O)C(C)Oc3cccc4c3CCCC4)n2)cc1. The van der Waals surface area contributed by atoms with Crippen molar-refractivity contribution in [2.45, 2.75) is 52.2 Å². The summed E-state index contributed by atoms with van der Waals surface area (Å²) in [7, 11) is 0. The number of nitrogens with zero attached hydrogens (tertiary/aromatic N) is 2. The third-order valence-corrected chi connectivity index (χ3v) is 5.33. The number of carbonyl (C=O) groups is 1. The van der Waals surface area contributed by atoms with Crippen LogP contribution in [0.4, 0.5) is 0 Å². The number of nitrogens with one attached hydrogen (secondary N) is 1. The Morgan fingerprint density at radius 3 is 2.77 bits per heavy atom. The average Bonchev–Trinajstić information content (AvgIpc) is 3.27. The zero-order valence-corrected chi connectivity index (χ0v) is 17.9. The molecule has 1 N–H and O–H groups in total. The normalized spacial score (nSPS) is 13.9. The van der Waals surface area contributed by atoms with Crippen LogP contribution in [-0.4, -0.2) is 28.8 Å². The van der Waals surface area contributed by atoms with E-state index in [1.165, 1.54) is 17.5 Å². The van der Waals surface area contributed by atoms with E-state index < -0.39 is 6.10 Å². The van der Waals surface area contributed by atoms with Gasteiger partial charge in [-0.1, -0.05) is 17.3 Å². The summed E-state index contributed by atoms with van der Waals surface area (Å²) in [6, 6.07) is 13.5. The zero-order valence-electron chi connectivity index (χ0n) is 17.9. The quantitative estimate of drug-likeness (QED) is 0.589. The number of amides is 1. The van der Waals surface area contributed by atoms with E-state index in [9.17, 15) is 4.79 Å². The third kappa shape index (κ3) is 5.05. The number of aromatic nitrogens is 2. The van der Waals surface area contributed by atoms with Crippen molar-refractivity contribution in [1.82, 2.24) is 15.5 Å². The first-order chi connectivity index (χ1) is 15.1. The van der Waals surface area contributed by atoms with Crippen LogP contribution in [-0.2, 0) is 24.2 Å². The number of hydrogen-bond acceptors (Lipinski definition) is 6. The number of hydrogen-bond donors (Lipinski definition) is 1. The van der Waals surface area contributed by atoms with Gasteiger partial charge in [-0.15, -0.1) is 0 Å². The van der Waals surface area contributed by atoms with Gasteiger partial charge in [-0.2, -0.15) is 4.98 Å². The fourth-order valence-electron chi connectivity index (χ4n) is 3.72. The van der Waals surface area contributed by atoms with E-state index in [2.05, 4.69) is 21.5 Å². The molecule has 0 saturated heterocycles. The van der Waals surface area contributed by atoms with Crippen LogP contribution in [0, 0.1) is 0 Å². The Kier molecular flexibility index (Phi) is 6.50. The van der Waals surface area contributed by atoms with E-state index in [1.807, 2.05) is 43.3 Å². The first-order valence-electron chi connectivity index (χ1n) is 10.7. The van der Waals surface area contributed by atoms with Gasteiger partial charge in [0, 0.05) is 5.56 Å². The van der Waals surface area contributed by atoms with Crippen molar-refractivity contribution in [3.8, 4) is 22.9 Å². The lowest BCUT2D eigenvalue weighted by Gasteiger charge is -2.21. The van der Waals surface area contributed by atoms with Crippen molar-refractivity contribution in [1.29, 1.82) is 0 Å². The van der Waals surface area contributed by atoms with Gasteiger partial charge in [0.1, 0.15) is 11.5 Å². The van der Waals surface area contributed by atoms with Crippen molar-refractivity contribution < 1.29 is 18.8 Å². The van der Waals surface area contributed by atoms with Crippen LogP contribution in [0.25, 0.3) is 11.4 Å². The first-order valence-corrected chi connectivity index (χ1v) is 10.7. The van der Waals surface area contributed by atoms with Crippen molar-refractivity contribution in [2.24, 2.45) is 0 Å². The Labute approximate surface area is 181 Å². The molecule has 7 nitrogen and oxygen atoms in total. The minimum Gasteiger partial charge on any atom is -0.494 e. The van der Waals surface area contributed by atoms with Crippen LogP contribution in [0.1, 0.15) is 43.7 Å². The number of benzene rings is 2. The largest absolute Gasteiger partial charge is 0.494 e. The molecule has 7 heteroatoms. The molecular formula is C24H27N3O4. The van der Waals surface area contributed by atoms with Gasteiger partial charge in [-0.3, -0.25) is 4.79 Å². The van der Waals surface area contributed by atoms with Crippen LogP contribution in [0.2, 0.25) is 0 Å². The maximum Gasteiger partial charge on any atom is 0.261 e. The lowest BCUT2D eigenvalue weighted by atomic mass is 9.91. The maximum absolute atomic E-state index is 12.5. The zero-order chi connectivity index (χ0) is 21.6. The Bertz CT molecular complexity index is 1030. The molecule has 1 aromatic heterocycles. The van der Waals surface area contributed by atoms with Gasteiger partial charge in [-0.05, 0) is 81.0 Å². The Balaban J connectivity index is 1.33. The van der Waals surface area contributed by atoms with Gasteiger partial charge in [-0.25, -0.2) is 0 Å². The molecule has 3 aromatic rings. The van der Waals surface area contributed by atoms with E-state index in [0.29, 0.717) is 18.3 Å². The van der Waals surface area contributed by atoms with Crippen LogP contribution in [0.15, 0.2) is 47.0 Å². The van der Waals surface area contributed by atoms with Gasteiger partial charge >= 0.3 is 0 Å². The fourth-order valence-corrected chi connectivity index (χ4v) is 3.72. The van der Waals surface area contributed by atoms with E-state index in [1.54, 1.807) is 6.92 Å². The van der Waals surface area contributed by atoms with Gasteiger partial charge in [0.2, 0.25) is 11.7 Å². The number of rotatable bonds is 8. The average molecular weight is 421 g/mol. The number of aryl methyl sites for hydroxylation is 1. The highest BCUT2D eigenvalue weighted by atomic mass is 16.5. The molecule has 31 heavy (non-hydrogen) atoms. The summed E-state index contributed by atoms with van der Waals surface area (Å²) in [6.07, 6.45) is 3.80. The summed E-state index contributed by atoms with van der Waals surface area (Å²) < 4.78 is 16.7. The minimum absolute atomic E-state index is 0.142. The van der Waals surface area contributed by atoms with Crippen LogP contribution >= 0.6 is 0 Å². The van der Waals surface area contributed by atoms with Crippen LogP contribution in [0.5, 0.6) is 11.5 Å². The second-order valence-corrected chi connectivity index (χ2v) is 7.55. The first kappa shape index (κ1) is 20.9. The molecule has 0 aliphatic heterocycles. The van der Waals surface area contributed by atoms with Crippen LogP contribution in [0.3, 0.4) is 0 Å². The van der Waals surface area contributed by atoms with Gasteiger partial charge in [0.05, 0.1) is 13.2 Å². The van der Waals surface area contributed by atoms with Crippen molar-refractivity contribution in [3.05, 3.63) is 59.5 Å². The van der Waals surface area contributed by atoms with E-state index in [4.69, 9.17) is 14.0 Å². The Hall–Kier alpha value is -3.35. The molecule has 1 aliphatic carbocycles. The second-order valence-electron chi connectivity index (χ2n) is 7.55. The topological polar surface area (TPSA) is 86.5 Å². The third-order valence-electron chi connectivity index (χ3n) is 5.33. The summed E-state index contributed by atoms with van der Waals surface area (Å²) in [5, 5.41) is 6.80. The van der Waals surface area contributed by atoms with Crippen molar-refractivity contribution >= 4 is 5.91 Å².